The van der Waals surface area contributed by atoms with Crippen molar-refractivity contribution in [3.63, 3.8) is 0 Å². The highest BCUT2D eigenvalue weighted by atomic mass is 32.2. The maximum atomic E-state index is 12.4. The van der Waals surface area contributed by atoms with Crippen molar-refractivity contribution < 1.29 is 13.2 Å². The minimum absolute atomic E-state index is 0.227. The summed E-state index contributed by atoms with van der Waals surface area (Å²) in [5.41, 5.74) is 3.26. The highest BCUT2D eigenvalue weighted by molar-refractivity contribution is 7.92. The van der Waals surface area contributed by atoms with E-state index >= 15 is 0 Å². The van der Waals surface area contributed by atoms with E-state index in [4.69, 9.17) is 0 Å². The predicted octanol–water partition coefficient (Wildman–Crippen LogP) is 3.50. The molecule has 6 heteroatoms. The van der Waals surface area contributed by atoms with Crippen LogP contribution in [0.4, 0.5) is 11.4 Å². The molecule has 0 spiro atoms. The summed E-state index contributed by atoms with van der Waals surface area (Å²) < 4.78 is 24.2. The van der Waals surface area contributed by atoms with Crippen LogP contribution in [0.25, 0.3) is 0 Å². The summed E-state index contributed by atoms with van der Waals surface area (Å²) >= 11 is 0. The van der Waals surface area contributed by atoms with Gasteiger partial charge in [-0.05, 0) is 68.8 Å². The molecular formula is C19H24N2O3S. The van der Waals surface area contributed by atoms with Crippen LogP contribution in [0.1, 0.15) is 29.8 Å². The van der Waals surface area contributed by atoms with Crippen LogP contribution in [0.2, 0.25) is 0 Å². The van der Waals surface area contributed by atoms with Crippen molar-refractivity contribution in [2.24, 2.45) is 0 Å². The Morgan fingerprint density at radius 2 is 1.64 bits per heavy atom. The van der Waals surface area contributed by atoms with Crippen molar-refractivity contribution >= 4 is 27.1 Å². The third-order valence-corrected chi connectivity index (χ3v) is 6.17. The number of nitrogens with one attached hydrogen (secondary N) is 1. The second kappa shape index (κ2) is 7.27. The Hall–Kier alpha value is -2.34. The van der Waals surface area contributed by atoms with Crippen LogP contribution in [-0.4, -0.2) is 33.7 Å². The molecule has 0 atom stereocenters. The quantitative estimate of drug-likeness (QED) is 0.886. The van der Waals surface area contributed by atoms with Gasteiger partial charge in [0, 0.05) is 31.0 Å². The zero-order chi connectivity index (χ0) is 18.8. The van der Waals surface area contributed by atoms with Gasteiger partial charge in [0.15, 0.2) is 9.84 Å². The van der Waals surface area contributed by atoms with Crippen molar-refractivity contribution in [2.75, 3.05) is 24.3 Å². The third-order valence-electron chi connectivity index (χ3n) is 4.00. The molecule has 1 amide bonds. The van der Waals surface area contributed by atoms with Crippen LogP contribution >= 0.6 is 0 Å². The van der Waals surface area contributed by atoms with Crippen LogP contribution in [0, 0.1) is 6.92 Å². The van der Waals surface area contributed by atoms with Gasteiger partial charge in [0.05, 0.1) is 10.1 Å². The first kappa shape index (κ1) is 19.0. The Bertz CT molecular complexity index is 870. The number of carbonyl (C=O) groups is 1. The SMILES string of the molecule is Cc1cc(NC(=O)c2ccc(S(=O)(=O)C(C)C)cc2)ccc1N(C)C. The molecule has 0 heterocycles. The van der Waals surface area contributed by atoms with E-state index in [1.807, 2.05) is 44.1 Å². The molecule has 2 aromatic rings. The first-order valence-electron chi connectivity index (χ1n) is 8.06. The number of carbonyl (C=O) groups excluding carboxylic acids is 1. The van der Waals surface area contributed by atoms with Gasteiger partial charge in [-0.2, -0.15) is 0 Å². The molecule has 1 N–H and O–H groups in total. The smallest absolute Gasteiger partial charge is 0.255 e. The molecular weight excluding hydrogens is 336 g/mol. The molecule has 5 nitrogen and oxygen atoms in total. The Kier molecular flexibility index (Phi) is 5.52. The first-order chi connectivity index (χ1) is 11.6. The molecule has 0 aromatic heterocycles. The van der Waals surface area contributed by atoms with E-state index in [1.165, 1.54) is 24.3 Å². The molecule has 2 aromatic carbocycles. The summed E-state index contributed by atoms with van der Waals surface area (Å²) in [4.78, 5) is 14.6. The van der Waals surface area contributed by atoms with Crippen molar-refractivity contribution in [2.45, 2.75) is 30.9 Å². The number of hydrogen-bond donors (Lipinski definition) is 1. The van der Waals surface area contributed by atoms with E-state index in [2.05, 4.69) is 5.32 Å². The first-order valence-corrected chi connectivity index (χ1v) is 9.61. The molecule has 0 fully saturated rings. The number of hydrogen-bond acceptors (Lipinski definition) is 4. The number of amides is 1. The zero-order valence-electron chi connectivity index (χ0n) is 15.2. The van der Waals surface area contributed by atoms with E-state index in [9.17, 15) is 13.2 Å². The second-order valence-electron chi connectivity index (χ2n) is 6.47. The number of benzene rings is 2. The van der Waals surface area contributed by atoms with Gasteiger partial charge in [-0.3, -0.25) is 4.79 Å². The molecule has 0 bridgehead atoms. The topological polar surface area (TPSA) is 66.5 Å². The molecule has 2 rings (SSSR count). The molecule has 0 aliphatic rings. The van der Waals surface area contributed by atoms with Crippen LogP contribution in [0.5, 0.6) is 0 Å². The van der Waals surface area contributed by atoms with Crippen LogP contribution < -0.4 is 10.2 Å². The van der Waals surface area contributed by atoms with Crippen LogP contribution in [0.3, 0.4) is 0 Å². The Balaban J connectivity index is 2.18. The number of aryl methyl sites for hydroxylation is 1. The highest BCUT2D eigenvalue weighted by Crippen LogP contribution is 2.22. The van der Waals surface area contributed by atoms with Gasteiger partial charge >= 0.3 is 0 Å². The lowest BCUT2D eigenvalue weighted by Gasteiger charge is -2.16. The third kappa shape index (κ3) is 4.20. The number of rotatable bonds is 5. The lowest BCUT2D eigenvalue weighted by molar-refractivity contribution is 0.102. The van der Waals surface area contributed by atoms with E-state index in [0.29, 0.717) is 11.3 Å². The summed E-state index contributed by atoms with van der Waals surface area (Å²) in [5.74, 6) is -0.273. The second-order valence-corrected chi connectivity index (χ2v) is 8.97. The summed E-state index contributed by atoms with van der Waals surface area (Å²) in [6, 6.07) is 11.7. The standard InChI is InChI=1S/C19H24N2O3S/c1-13(2)25(23,24)17-9-6-15(7-10-17)19(22)20-16-8-11-18(21(4)5)14(3)12-16/h6-13H,1-5H3,(H,20,22). The molecule has 0 unspecified atom stereocenters. The summed E-state index contributed by atoms with van der Waals surface area (Å²) in [7, 11) is 0.598. The highest BCUT2D eigenvalue weighted by Gasteiger charge is 2.19. The van der Waals surface area contributed by atoms with Crippen molar-refractivity contribution in [1.82, 2.24) is 0 Å². The Morgan fingerprint density at radius 1 is 1.04 bits per heavy atom. The molecule has 134 valence electrons. The average molecular weight is 360 g/mol. The molecule has 0 saturated carbocycles. The number of anilines is 2. The molecule has 0 aliphatic carbocycles. The van der Waals surface area contributed by atoms with Gasteiger partial charge in [-0.25, -0.2) is 8.42 Å². The van der Waals surface area contributed by atoms with Crippen molar-refractivity contribution in [3.8, 4) is 0 Å². The normalized spacial score (nSPS) is 11.4. The van der Waals surface area contributed by atoms with Gasteiger partial charge in [0.2, 0.25) is 0 Å². The van der Waals surface area contributed by atoms with Crippen LogP contribution in [-0.2, 0) is 9.84 Å². The monoisotopic (exact) mass is 360 g/mol. The minimum atomic E-state index is -3.33. The van der Waals surface area contributed by atoms with E-state index in [0.717, 1.165) is 11.3 Å². The van der Waals surface area contributed by atoms with E-state index in [1.54, 1.807) is 13.8 Å². The van der Waals surface area contributed by atoms with Gasteiger partial charge in [0.1, 0.15) is 0 Å². The summed E-state index contributed by atoms with van der Waals surface area (Å²) in [6.07, 6.45) is 0. The molecule has 0 saturated heterocycles. The largest absolute Gasteiger partial charge is 0.377 e. The van der Waals surface area contributed by atoms with Crippen molar-refractivity contribution in [3.05, 3.63) is 53.6 Å². The van der Waals surface area contributed by atoms with Gasteiger partial charge < -0.3 is 10.2 Å². The zero-order valence-corrected chi connectivity index (χ0v) is 16.0. The lowest BCUT2D eigenvalue weighted by atomic mass is 10.1. The minimum Gasteiger partial charge on any atom is -0.377 e. The number of nitrogens with zero attached hydrogens (tertiary/aromatic N) is 1. The van der Waals surface area contributed by atoms with E-state index in [-0.39, 0.29) is 10.8 Å². The summed E-state index contributed by atoms with van der Waals surface area (Å²) in [5, 5.41) is 2.34. The van der Waals surface area contributed by atoms with Gasteiger partial charge in [-0.1, -0.05) is 0 Å². The van der Waals surface area contributed by atoms with Crippen LogP contribution in [0.15, 0.2) is 47.4 Å². The predicted molar refractivity (Wildman–Crippen MR) is 102 cm³/mol. The fraction of sp³-hybridized carbons (Fsp3) is 0.316. The van der Waals surface area contributed by atoms with Crippen molar-refractivity contribution in [1.29, 1.82) is 0 Å². The maximum absolute atomic E-state index is 12.4. The van der Waals surface area contributed by atoms with E-state index < -0.39 is 15.1 Å². The fourth-order valence-electron chi connectivity index (χ4n) is 2.51. The molecule has 25 heavy (non-hydrogen) atoms. The maximum Gasteiger partial charge on any atom is 0.255 e. The average Bonchev–Trinajstić information content (AvgIpc) is 2.54. The Morgan fingerprint density at radius 3 is 2.12 bits per heavy atom. The molecule has 0 aliphatic heterocycles. The summed E-state index contributed by atoms with van der Waals surface area (Å²) in [6.45, 7) is 5.25. The Labute approximate surface area is 149 Å². The van der Waals surface area contributed by atoms with Gasteiger partial charge in [-0.15, -0.1) is 0 Å². The lowest BCUT2D eigenvalue weighted by Crippen LogP contribution is -2.15. The number of sulfone groups is 1. The van der Waals surface area contributed by atoms with Gasteiger partial charge in [0.25, 0.3) is 5.91 Å². The molecule has 0 radical (unpaired) electrons. The fourth-order valence-corrected chi connectivity index (χ4v) is 3.57.